The quantitative estimate of drug-likeness (QED) is 0.482. The number of hydrogen-bond acceptors (Lipinski definition) is 5. The van der Waals surface area contributed by atoms with E-state index in [0.29, 0.717) is 28.7 Å². The number of amides is 1. The third-order valence-electron chi connectivity index (χ3n) is 4.43. The Hall–Kier alpha value is -4.24. The van der Waals surface area contributed by atoms with Crippen molar-refractivity contribution >= 4 is 17.7 Å². The molecule has 0 fully saturated rings. The molecule has 6 nitrogen and oxygen atoms in total. The summed E-state index contributed by atoms with van der Waals surface area (Å²) in [6.07, 6.45) is 3.17. The fourth-order valence-electron chi connectivity index (χ4n) is 2.85. The van der Waals surface area contributed by atoms with Gasteiger partial charge in [-0.15, -0.1) is 0 Å². The second-order valence-electron chi connectivity index (χ2n) is 6.47. The first-order valence-corrected chi connectivity index (χ1v) is 9.58. The number of nitriles is 1. The highest BCUT2D eigenvalue weighted by molar-refractivity contribution is 6.04. The van der Waals surface area contributed by atoms with Gasteiger partial charge < -0.3 is 19.1 Å². The lowest BCUT2D eigenvalue weighted by atomic mass is 10.2. The molecule has 3 aromatic rings. The Labute approximate surface area is 181 Å². The molecule has 0 heterocycles. The van der Waals surface area contributed by atoms with Gasteiger partial charge >= 0.3 is 0 Å². The van der Waals surface area contributed by atoms with Crippen LogP contribution in [0, 0.1) is 11.3 Å². The van der Waals surface area contributed by atoms with Gasteiger partial charge in [-0.3, -0.25) is 4.79 Å². The molecule has 0 aromatic heterocycles. The van der Waals surface area contributed by atoms with Crippen LogP contribution in [0.3, 0.4) is 0 Å². The molecule has 0 N–H and O–H groups in total. The van der Waals surface area contributed by atoms with Crippen LogP contribution in [0.25, 0.3) is 6.08 Å². The smallest absolute Gasteiger partial charge is 0.250 e. The summed E-state index contributed by atoms with van der Waals surface area (Å²) in [7, 11) is 3.21. The molecule has 0 saturated heterocycles. The number of ether oxygens (including phenoxy) is 3. The van der Waals surface area contributed by atoms with Gasteiger partial charge in [-0.2, -0.15) is 5.26 Å². The molecule has 31 heavy (non-hydrogen) atoms. The van der Waals surface area contributed by atoms with Crippen molar-refractivity contribution in [3.8, 4) is 29.1 Å². The van der Waals surface area contributed by atoms with Crippen LogP contribution in [0.2, 0.25) is 0 Å². The molecular weight excluding hydrogens is 392 g/mol. The van der Waals surface area contributed by atoms with Gasteiger partial charge in [0.15, 0.2) is 23.9 Å². The lowest BCUT2D eigenvalue weighted by Crippen LogP contribution is -2.24. The van der Waals surface area contributed by atoms with E-state index in [1.165, 1.54) is 18.1 Å². The fraction of sp³-hybridized carbons (Fsp3) is 0.120. The lowest BCUT2D eigenvalue weighted by Gasteiger charge is -2.19. The molecule has 1 amide bonds. The average Bonchev–Trinajstić information content (AvgIpc) is 2.82. The number of para-hydroxylation sites is 3. The Morgan fingerprint density at radius 3 is 2.48 bits per heavy atom. The van der Waals surface area contributed by atoms with Crippen molar-refractivity contribution in [3.05, 3.63) is 84.4 Å². The molecule has 0 aliphatic carbocycles. The summed E-state index contributed by atoms with van der Waals surface area (Å²) in [6, 6.07) is 23.9. The molecule has 3 rings (SSSR count). The van der Waals surface area contributed by atoms with Crippen LogP contribution in [0.15, 0.2) is 78.9 Å². The van der Waals surface area contributed by atoms with E-state index in [-0.39, 0.29) is 12.5 Å². The molecule has 0 bridgehead atoms. The molecule has 0 spiro atoms. The van der Waals surface area contributed by atoms with Crippen molar-refractivity contribution in [2.45, 2.75) is 0 Å². The second kappa shape index (κ2) is 10.5. The van der Waals surface area contributed by atoms with Crippen LogP contribution >= 0.6 is 0 Å². The Bertz CT molecular complexity index is 1100. The number of likely N-dealkylation sites (N-methyl/N-ethyl adjacent to an activating group) is 1. The third-order valence-corrected chi connectivity index (χ3v) is 4.43. The highest BCUT2D eigenvalue weighted by Gasteiger charge is 2.14. The van der Waals surface area contributed by atoms with Crippen molar-refractivity contribution in [2.24, 2.45) is 0 Å². The van der Waals surface area contributed by atoms with E-state index in [9.17, 15) is 4.79 Å². The highest BCUT2D eigenvalue weighted by atomic mass is 16.5. The Morgan fingerprint density at radius 2 is 1.74 bits per heavy atom. The number of anilines is 1. The van der Waals surface area contributed by atoms with Crippen molar-refractivity contribution in [3.63, 3.8) is 0 Å². The summed E-state index contributed by atoms with van der Waals surface area (Å²) >= 11 is 0. The number of carbonyl (C=O) groups is 1. The van der Waals surface area contributed by atoms with Crippen LogP contribution in [-0.2, 0) is 4.79 Å². The standard InChI is InChI=1S/C25H22N2O4/c1-27(21-10-6-7-11-22(21)31-20-8-4-3-5-9-20)25(28)15-13-19-12-14-23(30-17-16-26)24(18-19)29-2/h3-15,18H,17H2,1-2H3/b15-13+. The zero-order valence-electron chi connectivity index (χ0n) is 17.3. The molecular formula is C25H22N2O4. The van der Waals surface area contributed by atoms with Crippen LogP contribution in [0.4, 0.5) is 5.69 Å². The molecule has 0 radical (unpaired) electrons. The number of methoxy groups -OCH3 is 1. The van der Waals surface area contributed by atoms with E-state index < -0.39 is 0 Å². The summed E-state index contributed by atoms with van der Waals surface area (Å²) in [6.45, 7) is -0.0702. The summed E-state index contributed by atoms with van der Waals surface area (Å²) in [5, 5.41) is 8.66. The number of nitrogens with zero attached hydrogens (tertiary/aromatic N) is 2. The maximum absolute atomic E-state index is 12.8. The Balaban J connectivity index is 1.75. The molecule has 0 aliphatic rings. The van der Waals surface area contributed by atoms with Gasteiger partial charge in [0.2, 0.25) is 0 Å². The van der Waals surface area contributed by atoms with Crippen molar-refractivity contribution in [1.82, 2.24) is 0 Å². The predicted octanol–water partition coefficient (Wildman–Crippen LogP) is 5.07. The normalized spacial score (nSPS) is 10.4. The van der Waals surface area contributed by atoms with Gasteiger partial charge in [0.05, 0.1) is 12.8 Å². The lowest BCUT2D eigenvalue weighted by molar-refractivity contribution is -0.113. The minimum atomic E-state index is -0.215. The Kier molecular flexibility index (Phi) is 7.28. The van der Waals surface area contributed by atoms with E-state index in [2.05, 4.69) is 0 Å². The molecule has 0 aliphatic heterocycles. The number of benzene rings is 3. The zero-order valence-corrected chi connectivity index (χ0v) is 17.3. The maximum atomic E-state index is 12.8. The number of carbonyl (C=O) groups excluding carboxylic acids is 1. The van der Waals surface area contributed by atoms with E-state index in [1.807, 2.05) is 60.7 Å². The van der Waals surface area contributed by atoms with E-state index in [0.717, 1.165) is 5.56 Å². The topological polar surface area (TPSA) is 71.8 Å². The van der Waals surface area contributed by atoms with E-state index in [4.69, 9.17) is 19.5 Å². The first kappa shape index (κ1) is 21.5. The van der Waals surface area contributed by atoms with Gasteiger partial charge in [0.25, 0.3) is 5.91 Å². The van der Waals surface area contributed by atoms with Crippen molar-refractivity contribution in [1.29, 1.82) is 5.26 Å². The largest absolute Gasteiger partial charge is 0.493 e. The van der Waals surface area contributed by atoms with Gasteiger partial charge in [-0.1, -0.05) is 36.4 Å². The zero-order chi connectivity index (χ0) is 22.1. The van der Waals surface area contributed by atoms with Crippen LogP contribution in [0.5, 0.6) is 23.0 Å². The summed E-state index contributed by atoms with van der Waals surface area (Å²) < 4.78 is 16.6. The van der Waals surface area contributed by atoms with Crippen molar-refractivity contribution < 1.29 is 19.0 Å². The number of rotatable bonds is 8. The van der Waals surface area contributed by atoms with Gasteiger partial charge in [-0.05, 0) is 48.0 Å². The van der Waals surface area contributed by atoms with Gasteiger partial charge in [0, 0.05) is 13.1 Å². The van der Waals surface area contributed by atoms with Gasteiger partial charge in [-0.25, -0.2) is 0 Å². The Morgan fingerprint density at radius 1 is 1.00 bits per heavy atom. The van der Waals surface area contributed by atoms with Crippen molar-refractivity contribution in [2.75, 3.05) is 25.7 Å². The van der Waals surface area contributed by atoms with E-state index in [1.54, 1.807) is 31.3 Å². The SMILES string of the molecule is COc1cc(/C=C/C(=O)N(C)c2ccccc2Oc2ccccc2)ccc1OCC#N. The minimum Gasteiger partial charge on any atom is -0.493 e. The summed E-state index contributed by atoms with van der Waals surface area (Å²) in [4.78, 5) is 14.3. The molecule has 0 saturated carbocycles. The summed E-state index contributed by atoms with van der Waals surface area (Å²) in [5.74, 6) is 2.01. The fourth-order valence-corrected chi connectivity index (χ4v) is 2.85. The molecule has 156 valence electrons. The summed E-state index contributed by atoms with van der Waals surface area (Å²) in [5.41, 5.74) is 1.41. The highest BCUT2D eigenvalue weighted by Crippen LogP contribution is 2.32. The monoisotopic (exact) mass is 414 g/mol. The third kappa shape index (κ3) is 5.64. The van der Waals surface area contributed by atoms with Gasteiger partial charge in [0.1, 0.15) is 11.8 Å². The first-order chi connectivity index (χ1) is 15.1. The predicted molar refractivity (Wildman–Crippen MR) is 120 cm³/mol. The van der Waals surface area contributed by atoms with Crippen LogP contribution in [-0.4, -0.2) is 26.7 Å². The van der Waals surface area contributed by atoms with Crippen LogP contribution in [0.1, 0.15) is 5.56 Å². The number of hydrogen-bond donors (Lipinski definition) is 0. The second-order valence-corrected chi connectivity index (χ2v) is 6.47. The molecule has 0 unspecified atom stereocenters. The maximum Gasteiger partial charge on any atom is 0.250 e. The van der Waals surface area contributed by atoms with Crippen LogP contribution < -0.4 is 19.1 Å². The average molecular weight is 414 g/mol. The first-order valence-electron chi connectivity index (χ1n) is 9.58. The minimum absolute atomic E-state index is 0.0702. The van der Waals surface area contributed by atoms with E-state index >= 15 is 0 Å². The molecule has 3 aromatic carbocycles. The molecule has 6 heteroatoms. The molecule has 0 atom stereocenters.